The fraction of sp³-hybridized carbons (Fsp3) is 0.0870. The quantitative estimate of drug-likeness (QED) is 0.474. The largest absolute Gasteiger partial charge is 0.481 e. The molecule has 0 spiro atoms. The zero-order valence-electron chi connectivity index (χ0n) is 16.1. The molecule has 3 rings (SSSR count). The molecule has 30 heavy (non-hydrogen) atoms. The number of carboxylic acid groups (broad SMARTS) is 1. The first-order valence-electron chi connectivity index (χ1n) is 9.30. The molecule has 5 N–H and O–H groups in total. The fourth-order valence-electron chi connectivity index (χ4n) is 3.05. The molecule has 0 aliphatic rings. The number of rotatable bonds is 7. The van der Waals surface area contributed by atoms with Crippen molar-refractivity contribution in [2.75, 3.05) is 10.6 Å². The minimum Gasteiger partial charge on any atom is -0.481 e. The van der Waals surface area contributed by atoms with Gasteiger partial charge in [-0.25, -0.2) is 4.79 Å². The highest BCUT2D eigenvalue weighted by Gasteiger charge is 2.13. The number of carbonyl (C=O) groups is 3. The number of anilines is 2. The Labute approximate surface area is 173 Å². The summed E-state index contributed by atoms with van der Waals surface area (Å²) in [5.41, 5.74) is 8.99. The average Bonchev–Trinajstić information content (AvgIpc) is 2.72. The van der Waals surface area contributed by atoms with E-state index in [4.69, 9.17) is 10.8 Å². The molecule has 0 aromatic heterocycles. The van der Waals surface area contributed by atoms with Crippen molar-refractivity contribution in [3.05, 3.63) is 83.9 Å². The molecule has 0 aliphatic carbocycles. The highest BCUT2D eigenvalue weighted by atomic mass is 16.4. The number of carboxylic acids is 1. The highest BCUT2D eigenvalue weighted by molar-refractivity contribution is 6.07. The molecule has 0 atom stereocenters. The minimum atomic E-state index is -0.883. The molecule has 3 aromatic carbocycles. The number of hydrogen-bond acceptors (Lipinski definition) is 3. The van der Waals surface area contributed by atoms with Crippen LogP contribution in [0.25, 0.3) is 11.1 Å². The first-order chi connectivity index (χ1) is 14.4. The normalized spacial score (nSPS) is 10.3. The number of hydrogen-bond donors (Lipinski definition) is 4. The predicted molar refractivity (Wildman–Crippen MR) is 115 cm³/mol. The van der Waals surface area contributed by atoms with Gasteiger partial charge < -0.3 is 21.5 Å². The molecule has 3 amide bonds. The first kappa shape index (κ1) is 20.6. The highest BCUT2D eigenvalue weighted by Crippen LogP contribution is 2.30. The van der Waals surface area contributed by atoms with E-state index in [0.717, 1.165) is 16.7 Å². The third kappa shape index (κ3) is 5.45. The van der Waals surface area contributed by atoms with E-state index in [0.29, 0.717) is 23.4 Å². The maximum atomic E-state index is 12.9. The van der Waals surface area contributed by atoms with Crippen LogP contribution in [0.5, 0.6) is 0 Å². The van der Waals surface area contributed by atoms with Crippen molar-refractivity contribution in [2.45, 2.75) is 12.8 Å². The second-order valence-corrected chi connectivity index (χ2v) is 6.66. The van der Waals surface area contributed by atoms with E-state index < -0.39 is 12.0 Å². The SMILES string of the molecule is NC(=O)Nc1cccc(C(=O)Nc2cc(CCC(=O)O)ccc2-c2ccccc2)c1. The van der Waals surface area contributed by atoms with E-state index >= 15 is 0 Å². The number of nitrogens with two attached hydrogens (primary N) is 1. The molecule has 3 aromatic rings. The van der Waals surface area contributed by atoms with Crippen LogP contribution in [0.15, 0.2) is 72.8 Å². The van der Waals surface area contributed by atoms with Gasteiger partial charge in [0.2, 0.25) is 0 Å². The Morgan fingerprint density at radius 1 is 0.867 bits per heavy atom. The number of nitrogens with one attached hydrogen (secondary N) is 2. The van der Waals surface area contributed by atoms with Crippen LogP contribution in [-0.4, -0.2) is 23.0 Å². The molecular formula is C23H21N3O4. The minimum absolute atomic E-state index is 0.00109. The lowest BCUT2D eigenvalue weighted by Crippen LogP contribution is -2.20. The molecule has 0 unspecified atom stereocenters. The van der Waals surface area contributed by atoms with Crippen LogP contribution in [0.3, 0.4) is 0 Å². The number of urea groups is 1. The Morgan fingerprint density at radius 3 is 2.33 bits per heavy atom. The van der Waals surface area contributed by atoms with Crippen molar-refractivity contribution in [3.8, 4) is 11.1 Å². The number of amides is 3. The van der Waals surface area contributed by atoms with Gasteiger partial charge >= 0.3 is 12.0 Å². The summed E-state index contributed by atoms with van der Waals surface area (Å²) in [5.74, 6) is -1.25. The number of aliphatic carboxylic acids is 1. The fourth-order valence-corrected chi connectivity index (χ4v) is 3.05. The van der Waals surface area contributed by atoms with Crippen molar-refractivity contribution in [1.29, 1.82) is 0 Å². The van der Waals surface area contributed by atoms with E-state index in [2.05, 4.69) is 10.6 Å². The zero-order valence-corrected chi connectivity index (χ0v) is 16.1. The Morgan fingerprint density at radius 2 is 1.63 bits per heavy atom. The van der Waals surface area contributed by atoms with Gasteiger partial charge in [0.1, 0.15) is 0 Å². The molecule has 0 saturated heterocycles. The molecule has 7 nitrogen and oxygen atoms in total. The van der Waals surface area contributed by atoms with Crippen LogP contribution in [0, 0.1) is 0 Å². The van der Waals surface area contributed by atoms with Crippen LogP contribution < -0.4 is 16.4 Å². The van der Waals surface area contributed by atoms with Gasteiger partial charge in [0.15, 0.2) is 0 Å². The van der Waals surface area contributed by atoms with Gasteiger partial charge in [-0.2, -0.15) is 0 Å². The van der Waals surface area contributed by atoms with E-state index in [1.165, 1.54) is 6.07 Å². The lowest BCUT2D eigenvalue weighted by atomic mass is 9.99. The maximum Gasteiger partial charge on any atom is 0.316 e. The van der Waals surface area contributed by atoms with Crippen molar-refractivity contribution in [3.63, 3.8) is 0 Å². The van der Waals surface area contributed by atoms with Crippen LogP contribution >= 0.6 is 0 Å². The maximum absolute atomic E-state index is 12.9. The molecule has 7 heteroatoms. The van der Waals surface area contributed by atoms with Crippen molar-refractivity contribution >= 4 is 29.3 Å². The van der Waals surface area contributed by atoms with Gasteiger partial charge in [-0.3, -0.25) is 9.59 Å². The van der Waals surface area contributed by atoms with Crippen LogP contribution in [0.1, 0.15) is 22.3 Å². The molecule has 0 radical (unpaired) electrons. The Balaban J connectivity index is 1.92. The van der Waals surface area contributed by atoms with Crippen LogP contribution in [-0.2, 0) is 11.2 Å². The molecule has 0 fully saturated rings. The average molecular weight is 403 g/mol. The van der Waals surface area contributed by atoms with E-state index in [1.807, 2.05) is 42.5 Å². The van der Waals surface area contributed by atoms with Gasteiger partial charge in [0.05, 0.1) is 0 Å². The summed E-state index contributed by atoms with van der Waals surface area (Å²) in [4.78, 5) is 34.8. The molecule has 152 valence electrons. The Hall–Kier alpha value is -4.13. The smallest absolute Gasteiger partial charge is 0.316 e. The van der Waals surface area contributed by atoms with Gasteiger partial charge in [0, 0.05) is 28.9 Å². The number of aryl methyl sites for hydroxylation is 1. The summed E-state index contributed by atoms with van der Waals surface area (Å²) < 4.78 is 0. The van der Waals surface area contributed by atoms with Crippen molar-refractivity contribution in [2.24, 2.45) is 5.73 Å². The Bertz CT molecular complexity index is 1080. The van der Waals surface area contributed by atoms with Crippen LogP contribution in [0.4, 0.5) is 16.2 Å². The van der Waals surface area contributed by atoms with Gasteiger partial charge in [0.25, 0.3) is 5.91 Å². The molecular weight excluding hydrogens is 382 g/mol. The van der Waals surface area contributed by atoms with Crippen LogP contribution in [0.2, 0.25) is 0 Å². The second kappa shape index (κ2) is 9.38. The summed E-state index contributed by atoms with van der Waals surface area (Å²) >= 11 is 0. The molecule has 0 bridgehead atoms. The lowest BCUT2D eigenvalue weighted by Gasteiger charge is -2.14. The first-order valence-corrected chi connectivity index (χ1v) is 9.30. The zero-order chi connectivity index (χ0) is 21.5. The van der Waals surface area contributed by atoms with Crippen molar-refractivity contribution < 1.29 is 19.5 Å². The topological polar surface area (TPSA) is 122 Å². The van der Waals surface area contributed by atoms with E-state index in [9.17, 15) is 14.4 Å². The van der Waals surface area contributed by atoms with E-state index in [1.54, 1.807) is 24.3 Å². The number of carbonyl (C=O) groups excluding carboxylic acids is 2. The third-order valence-electron chi connectivity index (χ3n) is 4.44. The second-order valence-electron chi connectivity index (χ2n) is 6.66. The monoisotopic (exact) mass is 403 g/mol. The van der Waals surface area contributed by atoms with Gasteiger partial charge in [-0.15, -0.1) is 0 Å². The van der Waals surface area contributed by atoms with Gasteiger partial charge in [-0.05, 0) is 41.8 Å². The number of benzene rings is 3. The van der Waals surface area contributed by atoms with E-state index in [-0.39, 0.29) is 12.3 Å². The third-order valence-corrected chi connectivity index (χ3v) is 4.44. The van der Waals surface area contributed by atoms with Gasteiger partial charge in [-0.1, -0.05) is 48.5 Å². The summed E-state index contributed by atoms with van der Waals surface area (Å²) in [5, 5.41) is 14.3. The lowest BCUT2D eigenvalue weighted by molar-refractivity contribution is -0.136. The molecule has 0 heterocycles. The van der Waals surface area contributed by atoms with Crippen molar-refractivity contribution in [1.82, 2.24) is 0 Å². The predicted octanol–water partition coefficient (Wildman–Crippen LogP) is 4.11. The summed E-state index contributed by atoms with van der Waals surface area (Å²) in [6, 6.07) is 20.8. The standard InChI is InChI=1S/C23H21N3O4/c24-23(30)25-18-8-4-7-17(14-18)22(29)26-20-13-15(10-12-21(27)28)9-11-19(20)16-5-2-1-3-6-16/h1-9,11,13-14H,10,12H2,(H,26,29)(H,27,28)(H3,24,25,30). The molecule has 0 saturated carbocycles. The summed E-state index contributed by atoms with van der Waals surface area (Å²) in [6.45, 7) is 0. The summed E-state index contributed by atoms with van der Waals surface area (Å²) in [6.07, 6.45) is 0.351. The summed E-state index contributed by atoms with van der Waals surface area (Å²) in [7, 11) is 0. The Kier molecular flexibility index (Phi) is 6.44. The molecule has 0 aliphatic heterocycles. The number of primary amides is 1.